The first-order valence-corrected chi connectivity index (χ1v) is 8.80. The lowest BCUT2D eigenvalue weighted by molar-refractivity contribution is 0.0954. The Morgan fingerprint density at radius 2 is 1.66 bits per heavy atom. The normalized spacial score (nSPS) is 11.1. The van der Waals surface area contributed by atoms with Crippen LogP contribution in [0.1, 0.15) is 22.8 Å². The minimum atomic E-state index is -0.390. The molecule has 150 valence electrons. The highest BCUT2D eigenvalue weighted by Gasteiger charge is 2.16. The number of carbonyl (C=O) groups is 1. The van der Waals surface area contributed by atoms with Gasteiger partial charge >= 0.3 is 0 Å². The van der Waals surface area contributed by atoms with Crippen LogP contribution in [0.25, 0.3) is 5.69 Å². The second kappa shape index (κ2) is 8.92. The van der Waals surface area contributed by atoms with Gasteiger partial charge in [0.25, 0.3) is 5.91 Å². The third kappa shape index (κ3) is 4.37. The van der Waals surface area contributed by atoms with Crippen molar-refractivity contribution in [3.8, 4) is 22.9 Å². The summed E-state index contributed by atoms with van der Waals surface area (Å²) in [5, 5.41) is 4.20. The van der Waals surface area contributed by atoms with Gasteiger partial charge in [-0.05, 0) is 36.8 Å². The fraction of sp³-hybridized carbons (Fsp3) is 0.190. The second-order valence-electron chi connectivity index (χ2n) is 6.07. The van der Waals surface area contributed by atoms with E-state index in [0.717, 1.165) is 11.3 Å². The van der Waals surface area contributed by atoms with Crippen LogP contribution in [0.15, 0.2) is 60.2 Å². The van der Waals surface area contributed by atoms with E-state index in [4.69, 9.17) is 14.2 Å². The lowest BCUT2D eigenvalue weighted by Crippen LogP contribution is -2.19. The van der Waals surface area contributed by atoms with Crippen LogP contribution in [0.5, 0.6) is 17.2 Å². The third-order valence-electron chi connectivity index (χ3n) is 4.34. The topological polar surface area (TPSA) is 87.0 Å². The molecule has 0 saturated heterocycles. The molecule has 0 atom stereocenters. The van der Waals surface area contributed by atoms with E-state index in [2.05, 4.69) is 15.5 Å². The van der Waals surface area contributed by atoms with Gasteiger partial charge in [0.05, 0.1) is 33.4 Å². The van der Waals surface area contributed by atoms with Crippen LogP contribution < -0.4 is 19.6 Å². The number of aromatic nitrogens is 2. The fourth-order valence-corrected chi connectivity index (χ4v) is 2.76. The largest absolute Gasteiger partial charge is 0.493 e. The van der Waals surface area contributed by atoms with Crippen molar-refractivity contribution < 1.29 is 19.0 Å². The Labute approximate surface area is 168 Å². The Balaban J connectivity index is 1.76. The monoisotopic (exact) mass is 394 g/mol. The van der Waals surface area contributed by atoms with Gasteiger partial charge < -0.3 is 18.8 Å². The smallest absolute Gasteiger partial charge is 0.271 e. The van der Waals surface area contributed by atoms with Crippen molar-refractivity contribution in [1.29, 1.82) is 0 Å². The SMILES string of the molecule is COc1cc(C(=O)NN=C(C)c2ccc(-n3ccnc3)cc2)cc(OC)c1OC. The average Bonchev–Trinajstić information content (AvgIpc) is 3.31. The Kier molecular flexibility index (Phi) is 6.13. The number of amides is 1. The molecule has 0 fully saturated rings. The molecule has 2 aromatic carbocycles. The van der Waals surface area contributed by atoms with Crippen molar-refractivity contribution in [3.05, 3.63) is 66.2 Å². The van der Waals surface area contributed by atoms with E-state index in [0.29, 0.717) is 28.5 Å². The molecule has 0 spiro atoms. The minimum Gasteiger partial charge on any atom is -0.493 e. The minimum absolute atomic E-state index is 0.339. The van der Waals surface area contributed by atoms with Gasteiger partial charge in [-0.2, -0.15) is 5.10 Å². The summed E-state index contributed by atoms with van der Waals surface area (Å²) in [5.41, 5.74) is 5.44. The maximum absolute atomic E-state index is 12.5. The number of ether oxygens (including phenoxy) is 3. The average molecular weight is 394 g/mol. The highest BCUT2D eigenvalue weighted by atomic mass is 16.5. The Bertz CT molecular complexity index is 987. The second-order valence-corrected chi connectivity index (χ2v) is 6.07. The van der Waals surface area contributed by atoms with E-state index in [1.165, 1.54) is 21.3 Å². The maximum Gasteiger partial charge on any atom is 0.271 e. The molecule has 1 N–H and O–H groups in total. The molecule has 0 bridgehead atoms. The molecule has 29 heavy (non-hydrogen) atoms. The van der Waals surface area contributed by atoms with Crippen molar-refractivity contribution >= 4 is 11.6 Å². The number of benzene rings is 2. The summed E-state index contributed by atoms with van der Waals surface area (Å²) in [4.78, 5) is 16.6. The Morgan fingerprint density at radius 1 is 1.00 bits per heavy atom. The zero-order valence-corrected chi connectivity index (χ0v) is 16.7. The standard InChI is InChI=1S/C21H22N4O4/c1-14(15-5-7-17(8-6-15)25-10-9-22-13-25)23-24-21(26)16-11-18(27-2)20(29-4)19(12-16)28-3/h5-13H,1-4H3,(H,24,26). The molecule has 0 radical (unpaired) electrons. The van der Waals surface area contributed by atoms with Crippen molar-refractivity contribution in [2.45, 2.75) is 6.92 Å². The van der Waals surface area contributed by atoms with Crippen molar-refractivity contribution in [2.75, 3.05) is 21.3 Å². The number of imidazole rings is 1. The van der Waals surface area contributed by atoms with Gasteiger partial charge in [0, 0.05) is 23.6 Å². The summed E-state index contributed by atoms with van der Waals surface area (Å²) in [6.07, 6.45) is 5.32. The van der Waals surface area contributed by atoms with E-state index in [-0.39, 0.29) is 0 Å². The Morgan fingerprint density at radius 3 is 2.17 bits per heavy atom. The van der Waals surface area contributed by atoms with E-state index in [1.54, 1.807) is 24.7 Å². The molecule has 8 nitrogen and oxygen atoms in total. The predicted molar refractivity (Wildman–Crippen MR) is 109 cm³/mol. The third-order valence-corrected chi connectivity index (χ3v) is 4.34. The van der Waals surface area contributed by atoms with Crippen LogP contribution in [-0.2, 0) is 0 Å². The van der Waals surface area contributed by atoms with E-state index in [9.17, 15) is 4.79 Å². The molecule has 0 aliphatic heterocycles. The number of rotatable bonds is 7. The van der Waals surface area contributed by atoms with Gasteiger partial charge in [0.2, 0.25) is 5.75 Å². The lowest BCUT2D eigenvalue weighted by atomic mass is 10.1. The van der Waals surface area contributed by atoms with Gasteiger partial charge in [-0.3, -0.25) is 4.79 Å². The van der Waals surface area contributed by atoms with Crippen LogP contribution in [-0.4, -0.2) is 42.5 Å². The van der Waals surface area contributed by atoms with Crippen molar-refractivity contribution in [3.63, 3.8) is 0 Å². The molecule has 0 aliphatic rings. The molecule has 8 heteroatoms. The van der Waals surface area contributed by atoms with Crippen LogP contribution in [0.2, 0.25) is 0 Å². The molecular formula is C21H22N4O4. The molecular weight excluding hydrogens is 372 g/mol. The first kappa shape index (κ1) is 19.9. The summed E-state index contributed by atoms with van der Waals surface area (Å²) in [5.74, 6) is 0.823. The molecule has 1 amide bonds. The molecule has 3 rings (SSSR count). The summed E-state index contributed by atoms with van der Waals surface area (Å²) in [6.45, 7) is 1.82. The molecule has 0 unspecified atom stereocenters. The molecule has 1 heterocycles. The van der Waals surface area contributed by atoms with Crippen molar-refractivity contribution in [1.82, 2.24) is 15.0 Å². The lowest BCUT2D eigenvalue weighted by Gasteiger charge is -2.13. The van der Waals surface area contributed by atoms with Gasteiger partial charge in [0.15, 0.2) is 11.5 Å². The summed E-state index contributed by atoms with van der Waals surface area (Å²) in [7, 11) is 4.50. The number of hydrazone groups is 1. The van der Waals surface area contributed by atoms with E-state index < -0.39 is 5.91 Å². The van der Waals surface area contributed by atoms with Gasteiger partial charge in [-0.15, -0.1) is 0 Å². The molecule has 0 saturated carbocycles. The first-order chi connectivity index (χ1) is 14.1. The van der Waals surface area contributed by atoms with Gasteiger partial charge in [-0.25, -0.2) is 10.4 Å². The maximum atomic E-state index is 12.5. The quantitative estimate of drug-likeness (QED) is 0.492. The fourth-order valence-electron chi connectivity index (χ4n) is 2.76. The summed E-state index contributed by atoms with van der Waals surface area (Å²) >= 11 is 0. The highest BCUT2D eigenvalue weighted by molar-refractivity contribution is 6.01. The number of nitrogens with zero attached hydrogens (tertiary/aromatic N) is 3. The van der Waals surface area contributed by atoms with Crippen LogP contribution >= 0.6 is 0 Å². The van der Waals surface area contributed by atoms with Crippen molar-refractivity contribution in [2.24, 2.45) is 5.10 Å². The van der Waals surface area contributed by atoms with Gasteiger partial charge in [0.1, 0.15) is 0 Å². The number of hydrogen-bond acceptors (Lipinski definition) is 6. The first-order valence-electron chi connectivity index (χ1n) is 8.80. The number of carbonyl (C=O) groups excluding carboxylic acids is 1. The Hall–Kier alpha value is -3.81. The molecule has 0 aliphatic carbocycles. The number of hydrogen-bond donors (Lipinski definition) is 1. The highest BCUT2D eigenvalue weighted by Crippen LogP contribution is 2.38. The van der Waals surface area contributed by atoms with E-state index >= 15 is 0 Å². The zero-order chi connectivity index (χ0) is 20.8. The number of methoxy groups -OCH3 is 3. The number of nitrogens with one attached hydrogen (secondary N) is 1. The van der Waals surface area contributed by atoms with Gasteiger partial charge in [-0.1, -0.05) is 12.1 Å². The zero-order valence-electron chi connectivity index (χ0n) is 16.7. The van der Waals surface area contributed by atoms with Crippen LogP contribution in [0.3, 0.4) is 0 Å². The molecule has 3 aromatic rings. The summed E-state index contributed by atoms with van der Waals surface area (Å²) in [6, 6.07) is 10.9. The predicted octanol–water partition coefficient (Wildman–Crippen LogP) is 3.05. The molecule has 1 aromatic heterocycles. The summed E-state index contributed by atoms with van der Waals surface area (Å²) < 4.78 is 17.7. The van der Waals surface area contributed by atoms with E-state index in [1.807, 2.05) is 42.0 Å². The van der Waals surface area contributed by atoms with Crippen LogP contribution in [0, 0.1) is 0 Å². The van der Waals surface area contributed by atoms with Crippen LogP contribution in [0.4, 0.5) is 0 Å².